The zero-order valence-electron chi connectivity index (χ0n) is 12.8. The monoisotopic (exact) mass is 269 g/mol. The van der Waals surface area contributed by atoms with Crippen molar-refractivity contribution in [3.8, 4) is 0 Å². The molecule has 0 aliphatic heterocycles. The van der Waals surface area contributed by atoms with Crippen LogP contribution in [0.25, 0.3) is 0 Å². The lowest BCUT2D eigenvalue weighted by Crippen LogP contribution is -2.47. The van der Waals surface area contributed by atoms with E-state index in [-0.39, 0.29) is 11.6 Å². The maximum Gasteiger partial charge on any atom is 0.407 e. The number of hydrogen-bond donors (Lipinski definition) is 1. The quantitative estimate of drug-likeness (QED) is 0.782. The predicted octanol–water partition coefficient (Wildman–Crippen LogP) is 4.80. The van der Waals surface area contributed by atoms with Crippen molar-refractivity contribution in [1.82, 2.24) is 5.32 Å². The van der Waals surface area contributed by atoms with E-state index >= 15 is 0 Å². The lowest BCUT2D eigenvalue weighted by Gasteiger charge is -2.33. The molecular formula is C16H31NO2. The zero-order valence-corrected chi connectivity index (χ0v) is 12.8. The highest BCUT2D eigenvalue weighted by atomic mass is 16.5. The first-order valence-electron chi connectivity index (χ1n) is 8.11. The van der Waals surface area contributed by atoms with Crippen molar-refractivity contribution in [2.24, 2.45) is 0 Å². The fourth-order valence-corrected chi connectivity index (χ4v) is 2.93. The molecule has 1 N–H and O–H groups in total. The number of hydrogen-bond acceptors (Lipinski definition) is 2. The van der Waals surface area contributed by atoms with Crippen LogP contribution in [-0.2, 0) is 4.74 Å². The predicted molar refractivity (Wildman–Crippen MR) is 79.3 cm³/mol. The van der Waals surface area contributed by atoms with Gasteiger partial charge in [0.1, 0.15) is 0 Å². The Hall–Kier alpha value is -0.730. The Morgan fingerprint density at radius 1 is 0.947 bits per heavy atom. The molecule has 3 heteroatoms. The molecule has 0 atom stereocenters. The summed E-state index contributed by atoms with van der Waals surface area (Å²) in [5.41, 5.74) is -0.0233. The third kappa shape index (κ3) is 7.44. The minimum Gasteiger partial charge on any atom is -0.450 e. The lowest BCUT2D eigenvalue weighted by molar-refractivity contribution is 0.132. The number of rotatable bonds is 2. The topological polar surface area (TPSA) is 38.3 Å². The van der Waals surface area contributed by atoms with E-state index in [1.54, 1.807) is 0 Å². The largest absolute Gasteiger partial charge is 0.450 e. The van der Waals surface area contributed by atoms with Crippen LogP contribution in [0.5, 0.6) is 0 Å². The summed E-state index contributed by atoms with van der Waals surface area (Å²) in [7, 11) is 0. The standard InChI is InChI=1S/C10H19NO2.C6H12/c1-3-13-9(12)11-10(2)7-5-4-6-8-10;1-2-4-6-5-3-1/h3-8H2,1-2H3,(H,11,12);1-6H2. The Balaban J connectivity index is 0.000000250. The van der Waals surface area contributed by atoms with Gasteiger partial charge in [-0.25, -0.2) is 4.79 Å². The molecular weight excluding hydrogens is 238 g/mol. The Bertz CT molecular complexity index is 232. The van der Waals surface area contributed by atoms with Gasteiger partial charge in [0.05, 0.1) is 6.61 Å². The van der Waals surface area contributed by atoms with Gasteiger partial charge in [0.2, 0.25) is 0 Å². The molecule has 112 valence electrons. The fraction of sp³-hybridized carbons (Fsp3) is 0.938. The van der Waals surface area contributed by atoms with Gasteiger partial charge in [-0.3, -0.25) is 0 Å². The summed E-state index contributed by atoms with van der Waals surface area (Å²) >= 11 is 0. The van der Waals surface area contributed by atoms with Crippen LogP contribution >= 0.6 is 0 Å². The third-order valence-electron chi connectivity index (χ3n) is 4.14. The third-order valence-corrected chi connectivity index (χ3v) is 4.14. The van der Waals surface area contributed by atoms with E-state index in [1.165, 1.54) is 57.8 Å². The van der Waals surface area contributed by atoms with Crippen LogP contribution in [0.4, 0.5) is 4.79 Å². The highest BCUT2D eigenvalue weighted by Crippen LogP contribution is 2.27. The number of carbonyl (C=O) groups excluding carboxylic acids is 1. The molecule has 2 rings (SSSR count). The van der Waals surface area contributed by atoms with Crippen molar-refractivity contribution < 1.29 is 9.53 Å². The van der Waals surface area contributed by atoms with Gasteiger partial charge in [-0.05, 0) is 26.7 Å². The summed E-state index contributed by atoms with van der Waals surface area (Å²) in [6.45, 7) is 4.37. The fourth-order valence-electron chi connectivity index (χ4n) is 2.93. The lowest BCUT2D eigenvalue weighted by atomic mass is 9.83. The van der Waals surface area contributed by atoms with E-state index in [2.05, 4.69) is 12.2 Å². The maximum absolute atomic E-state index is 11.2. The van der Waals surface area contributed by atoms with Crippen LogP contribution < -0.4 is 5.32 Å². The number of amides is 1. The van der Waals surface area contributed by atoms with Gasteiger partial charge in [-0.15, -0.1) is 0 Å². The normalized spacial score (nSPS) is 21.8. The zero-order chi connectivity index (χ0) is 14.0. The Labute approximate surface area is 118 Å². The van der Waals surface area contributed by atoms with E-state index in [0.29, 0.717) is 6.61 Å². The molecule has 0 heterocycles. The minimum absolute atomic E-state index is 0.0233. The van der Waals surface area contributed by atoms with Gasteiger partial charge >= 0.3 is 6.09 Å². The molecule has 0 aromatic rings. The second kappa shape index (κ2) is 9.22. The van der Waals surface area contributed by atoms with Gasteiger partial charge < -0.3 is 10.1 Å². The Morgan fingerprint density at radius 3 is 1.79 bits per heavy atom. The number of ether oxygens (including phenoxy) is 1. The van der Waals surface area contributed by atoms with Gasteiger partial charge in [-0.2, -0.15) is 0 Å². The van der Waals surface area contributed by atoms with E-state index in [1.807, 2.05) is 6.92 Å². The van der Waals surface area contributed by atoms with Crippen molar-refractivity contribution in [1.29, 1.82) is 0 Å². The molecule has 0 unspecified atom stereocenters. The van der Waals surface area contributed by atoms with Crippen LogP contribution in [0.3, 0.4) is 0 Å². The first-order chi connectivity index (χ1) is 9.16. The second-order valence-electron chi connectivity index (χ2n) is 6.09. The smallest absolute Gasteiger partial charge is 0.407 e. The molecule has 0 bridgehead atoms. The van der Waals surface area contributed by atoms with Gasteiger partial charge in [0.15, 0.2) is 0 Å². The average Bonchev–Trinajstić information content (AvgIpc) is 2.42. The van der Waals surface area contributed by atoms with Crippen molar-refractivity contribution >= 4 is 6.09 Å². The molecule has 1 amide bonds. The van der Waals surface area contributed by atoms with Gasteiger partial charge in [-0.1, -0.05) is 57.8 Å². The van der Waals surface area contributed by atoms with Crippen molar-refractivity contribution in [2.75, 3.05) is 6.61 Å². The van der Waals surface area contributed by atoms with Crippen LogP contribution in [0, 0.1) is 0 Å². The minimum atomic E-state index is -0.271. The summed E-state index contributed by atoms with van der Waals surface area (Å²) in [5, 5.41) is 2.94. The summed E-state index contributed by atoms with van der Waals surface area (Å²) < 4.78 is 4.86. The molecule has 2 fully saturated rings. The molecule has 2 aliphatic carbocycles. The van der Waals surface area contributed by atoms with E-state index in [9.17, 15) is 4.79 Å². The molecule has 2 saturated carbocycles. The molecule has 0 aromatic carbocycles. The van der Waals surface area contributed by atoms with Crippen molar-refractivity contribution in [2.45, 2.75) is 90.0 Å². The molecule has 2 aliphatic rings. The molecule has 3 nitrogen and oxygen atoms in total. The van der Waals surface area contributed by atoms with Gasteiger partial charge in [0.25, 0.3) is 0 Å². The molecule has 19 heavy (non-hydrogen) atoms. The molecule has 0 saturated heterocycles. The maximum atomic E-state index is 11.2. The summed E-state index contributed by atoms with van der Waals surface area (Å²) in [5.74, 6) is 0. The number of carbonyl (C=O) groups is 1. The highest BCUT2D eigenvalue weighted by Gasteiger charge is 2.28. The molecule has 0 spiro atoms. The Morgan fingerprint density at radius 2 is 1.37 bits per heavy atom. The summed E-state index contributed by atoms with van der Waals surface area (Å²) in [6.07, 6.45) is 14.6. The van der Waals surface area contributed by atoms with E-state index in [0.717, 1.165) is 12.8 Å². The molecule has 0 radical (unpaired) electrons. The average molecular weight is 269 g/mol. The van der Waals surface area contributed by atoms with Crippen LogP contribution in [-0.4, -0.2) is 18.2 Å². The van der Waals surface area contributed by atoms with Crippen molar-refractivity contribution in [3.63, 3.8) is 0 Å². The first-order valence-corrected chi connectivity index (χ1v) is 8.11. The van der Waals surface area contributed by atoms with E-state index in [4.69, 9.17) is 4.74 Å². The van der Waals surface area contributed by atoms with Crippen LogP contribution in [0.1, 0.15) is 84.5 Å². The first kappa shape index (κ1) is 16.3. The van der Waals surface area contributed by atoms with E-state index < -0.39 is 0 Å². The molecule has 0 aromatic heterocycles. The van der Waals surface area contributed by atoms with Crippen molar-refractivity contribution in [3.05, 3.63) is 0 Å². The van der Waals surface area contributed by atoms with Crippen LogP contribution in [0.15, 0.2) is 0 Å². The second-order valence-corrected chi connectivity index (χ2v) is 6.09. The Kier molecular flexibility index (Phi) is 7.92. The van der Waals surface area contributed by atoms with Crippen LogP contribution in [0.2, 0.25) is 0 Å². The number of nitrogens with one attached hydrogen (secondary N) is 1. The SMILES string of the molecule is C1CCCCC1.CCOC(=O)NC1(C)CCCCC1. The number of alkyl carbamates (subject to hydrolysis) is 1. The highest BCUT2D eigenvalue weighted by molar-refractivity contribution is 5.68. The summed E-state index contributed by atoms with van der Waals surface area (Å²) in [6, 6.07) is 0. The van der Waals surface area contributed by atoms with Gasteiger partial charge in [0, 0.05) is 5.54 Å². The summed E-state index contributed by atoms with van der Waals surface area (Å²) in [4.78, 5) is 11.2.